The molecular formula is C12H17N5. The first-order valence-corrected chi connectivity index (χ1v) is 5.76. The van der Waals surface area contributed by atoms with Gasteiger partial charge in [-0.25, -0.2) is 15.0 Å². The summed E-state index contributed by atoms with van der Waals surface area (Å²) in [6.45, 7) is 2.12. The highest BCUT2D eigenvalue weighted by Crippen LogP contribution is 2.17. The third kappa shape index (κ3) is 2.43. The summed E-state index contributed by atoms with van der Waals surface area (Å²) in [6, 6.07) is 0. The number of hydrogen-bond acceptors (Lipinski definition) is 4. The molecule has 0 amide bonds. The topological polar surface area (TPSA) is 69.6 Å². The standard InChI is InChI=1S/C12H17N5/c1-3-4-9-10(15-8-16-12(9)13)7-11-14-5-6-17(11)2/h5-6,8H,3-4,7H2,1-2H3,(H2,13,15,16). The Morgan fingerprint density at radius 1 is 1.29 bits per heavy atom. The van der Waals surface area contributed by atoms with E-state index in [0.717, 1.165) is 29.9 Å². The normalized spacial score (nSPS) is 10.7. The second-order valence-electron chi connectivity index (χ2n) is 4.07. The third-order valence-electron chi connectivity index (χ3n) is 2.81. The van der Waals surface area contributed by atoms with Crippen LogP contribution < -0.4 is 5.73 Å². The summed E-state index contributed by atoms with van der Waals surface area (Å²) in [6.07, 6.45) is 7.88. The molecule has 0 saturated carbocycles. The van der Waals surface area contributed by atoms with Crippen LogP contribution in [0.1, 0.15) is 30.4 Å². The summed E-state index contributed by atoms with van der Waals surface area (Å²) in [5, 5.41) is 0. The van der Waals surface area contributed by atoms with E-state index in [1.165, 1.54) is 6.33 Å². The monoisotopic (exact) mass is 231 g/mol. The molecule has 2 rings (SSSR count). The summed E-state index contributed by atoms with van der Waals surface area (Å²) in [4.78, 5) is 12.7. The van der Waals surface area contributed by atoms with Crippen LogP contribution in [-0.2, 0) is 19.9 Å². The highest BCUT2D eigenvalue weighted by Gasteiger charge is 2.11. The smallest absolute Gasteiger partial charge is 0.130 e. The molecule has 0 aliphatic rings. The number of nitrogens with two attached hydrogens (primary N) is 1. The molecule has 2 heterocycles. The van der Waals surface area contributed by atoms with E-state index in [9.17, 15) is 0 Å². The van der Waals surface area contributed by atoms with Crippen molar-refractivity contribution >= 4 is 5.82 Å². The van der Waals surface area contributed by atoms with Gasteiger partial charge in [0.25, 0.3) is 0 Å². The van der Waals surface area contributed by atoms with Crippen LogP contribution in [0, 0.1) is 0 Å². The quantitative estimate of drug-likeness (QED) is 0.862. The summed E-state index contributed by atoms with van der Waals surface area (Å²) in [5.74, 6) is 1.58. The van der Waals surface area contributed by atoms with Crippen molar-refractivity contribution in [2.75, 3.05) is 5.73 Å². The van der Waals surface area contributed by atoms with E-state index in [2.05, 4.69) is 21.9 Å². The average molecular weight is 231 g/mol. The van der Waals surface area contributed by atoms with Crippen molar-refractivity contribution in [3.05, 3.63) is 35.8 Å². The van der Waals surface area contributed by atoms with Crippen LogP contribution in [0.4, 0.5) is 5.82 Å². The predicted molar refractivity (Wildman–Crippen MR) is 66.5 cm³/mol. The minimum absolute atomic E-state index is 0.589. The van der Waals surface area contributed by atoms with Crippen molar-refractivity contribution in [2.24, 2.45) is 7.05 Å². The minimum Gasteiger partial charge on any atom is -0.383 e. The number of rotatable bonds is 4. The second-order valence-corrected chi connectivity index (χ2v) is 4.07. The maximum Gasteiger partial charge on any atom is 0.130 e. The van der Waals surface area contributed by atoms with E-state index in [1.54, 1.807) is 6.20 Å². The zero-order valence-electron chi connectivity index (χ0n) is 10.2. The van der Waals surface area contributed by atoms with Gasteiger partial charge in [-0.3, -0.25) is 0 Å². The Balaban J connectivity index is 2.32. The highest BCUT2D eigenvalue weighted by atomic mass is 15.0. The number of hydrogen-bond donors (Lipinski definition) is 1. The van der Waals surface area contributed by atoms with Crippen LogP contribution in [0.25, 0.3) is 0 Å². The molecule has 2 N–H and O–H groups in total. The van der Waals surface area contributed by atoms with Gasteiger partial charge in [0, 0.05) is 31.4 Å². The lowest BCUT2D eigenvalue weighted by Gasteiger charge is -2.09. The van der Waals surface area contributed by atoms with Crippen LogP contribution in [0.3, 0.4) is 0 Å². The Hall–Kier alpha value is -1.91. The van der Waals surface area contributed by atoms with Crippen molar-refractivity contribution in [3.63, 3.8) is 0 Å². The van der Waals surface area contributed by atoms with Crippen molar-refractivity contribution in [1.82, 2.24) is 19.5 Å². The van der Waals surface area contributed by atoms with Gasteiger partial charge in [-0.15, -0.1) is 0 Å². The van der Waals surface area contributed by atoms with Gasteiger partial charge in [0.05, 0.1) is 5.69 Å². The Kier molecular flexibility index (Phi) is 3.37. The lowest BCUT2D eigenvalue weighted by Crippen LogP contribution is -2.08. The molecule has 0 unspecified atom stereocenters. The SMILES string of the molecule is CCCc1c(N)ncnc1Cc1nccn1C. The van der Waals surface area contributed by atoms with Gasteiger partial charge in [0.15, 0.2) is 0 Å². The molecule has 90 valence electrons. The summed E-state index contributed by atoms with van der Waals surface area (Å²) >= 11 is 0. The maximum atomic E-state index is 5.90. The van der Waals surface area contributed by atoms with Crippen LogP contribution in [0.2, 0.25) is 0 Å². The second kappa shape index (κ2) is 4.95. The molecule has 0 saturated heterocycles. The van der Waals surface area contributed by atoms with Crippen molar-refractivity contribution < 1.29 is 0 Å². The first-order valence-electron chi connectivity index (χ1n) is 5.76. The molecule has 0 aliphatic carbocycles. The highest BCUT2D eigenvalue weighted by molar-refractivity contribution is 5.42. The summed E-state index contributed by atoms with van der Waals surface area (Å²) in [7, 11) is 1.98. The van der Waals surface area contributed by atoms with E-state index in [0.29, 0.717) is 12.2 Å². The van der Waals surface area contributed by atoms with E-state index >= 15 is 0 Å². The Morgan fingerprint density at radius 2 is 2.12 bits per heavy atom. The van der Waals surface area contributed by atoms with E-state index in [-0.39, 0.29) is 0 Å². The zero-order valence-corrected chi connectivity index (χ0v) is 10.2. The molecule has 2 aromatic heterocycles. The molecule has 0 fully saturated rings. The number of imidazole rings is 1. The fourth-order valence-electron chi connectivity index (χ4n) is 1.86. The van der Waals surface area contributed by atoms with Crippen LogP contribution in [0.5, 0.6) is 0 Å². The molecular weight excluding hydrogens is 214 g/mol. The zero-order chi connectivity index (χ0) is 12.3. The molecule has 0 aromatic carbocycles. The molecule has 0 radical (unpaired) electrons. The van der Waals surface area contributed by atoms with E-state index < -0.39 is 0 Å². The average Bonchev–Trinajstić information content (AvgIpc) is 2.70. The minimum atomic E-state index is 0.589. The number of aryl methyl sites for hydroxylation is 1. The summed E-state index contributed by atoms with van der Waals surface area (Å²) in [5.41, 5.74) is 7.93. The van der Waals surface area contributed by atoms with E-state index in [1.807, 2.05) is 17.8 Å². The van der Waals surface area contributed by atoms with Gasteiger partial charge in [-0.1, -0.05) is 13.3 Å². The molecule has 5 nitrogen and oxygen atoms in total. The fourth-order valence-corrected chi connectivity index (χ4v) is 1.86. The van der Waals surface area contributed by atoms with Gasteiger partial charge in [-0.05, 0) is 6.42 Å². The van der Waals surface area contributed by atoms with Crippen molar-refractivity contribution in [2.45, 2.75) is 26.2 Å². The molecule has 0 bridgehead atoms. The number of nitrogen functional groups attached to an aromatic ring is 1. The van der Waals surface area contributed by atoms with Gasteiger partial charge in [-0.2, -0.15) is 0 Å². The van der Waals surface area contributed by atoms with Crippen LogP contribution >= 0.6 is 0 Å². The Labute approximate surface area is 101 Å². The fraction of sp³-hybridized carbons (Fsp3) is 0.417. The van der Waals surface area contributed by atoms with Gasteiger partial charge in [0.2, 0.25) is 0 Å². The molecule has 2 aromatic rings. The van der Waals surface area contributed by atoms with Gasteiger partial charge < -0.3 is 10.3 Å². The van der Waals surface area contributed by atoms with Crippen LogP contribution in [-0.4, -0.2) is 19.5 Å². The van der Waals surface area contributed by atoms with Crippen molar-refractivity contribution in [3.8, 4) is 0 Å². The molecule has 0 spiro atoms. The van der Waals surface area contributed by atoms with E-state index in [4.69, 9.17) is 5.73 Å². The molecule has 0 aliphatic heterocycles. The Bertz CT molecular complexity index is 503. The molecule has 17 heavy (non-hydrogen) atoms. The lowest BCUT2D eigenvalue weighted by molar-refractivity contribution is 0.793. The molecule has 5 heteroatoms. The number of anilines is 1. The Morgan fingerprint density at radius 3 is 2.76 bits per heavy atom. The van der Waals surface area contributed by atoms with Crippen molar-refractivity contribution in [1.29, 1.82) is 0 Å². The largest absolute Gasteiger partial charge is 0.383 e. The first kappa shape index (κ1) is 11.6. The van der Waals surface area contributed by atoms with Crippen LogP contribution in [0.15, 0.2) is 18.7 Å². The van der Waals surface area contributed by atoms with Gasteiger partial charge >= 0.3 is 0 Å². The third-order valence-corrected chi connectivity index (χ3v) is 2.81. The predicted octanol–water partition coefficient (Wildman–Crippen LogP) is 1.34. The number of nitrogens with zero attached hydrogens (tertiary/aromatic N) is 4. The van der Waals surface area contributed by atoms with Gasteiger partial charge in [0.1, 0.15) is 18.0 Å². The summed E-state index contributed by atoms with van der Waals surface area (Å²) < 4.78 is 1.99. The number of aromatic nitrogens is 4. The lowest BCUT2D eigenvalue weighted by atomic mass is 10.1. The first-order chi connectivity index (χ1) is 8.22. The molecule has 0 atom stereocenters. The maximum absolute atomic E-state index is 5.90.